The molecule has 0 aliphatic carbocycles. The molecular weight excluding hydrogens is 506 g/mol. The van der Waals surface area contributed by atoms with Gasteiger partial charge in [-0.05, 0) is 25.5 Å². The second-order valence-electron chi connectivity index (χ2n) is 7.15. The Morgan fingerprint density at radius 2 is 2.03 bits per heavy atom. The van der Waals surface area contributed by atoms with Gasteiger partial charge in [-0.15, -0.1) is 24.0 Å². The molecule has 0 aromatic heterocycles. The van der Waals surface area contributed by atoms with Crippen molar-refractivity contribution in [2.45, 2.75) is 25.2 Å². The number of ether oxygens (including phenoxy) is 1. The number of benzene rings is 1. The van der Waals surface area contributed by atoms with E-state index in [4.69, 9.17) is 4.74 Å². The van der Waals surface area contributed by atoms with E-state index in [0.29, 0.717) is 38.0 Å². The number of aliphatic hydroxyl groups is 1. The Labute approximate surface area is 195 Å². The molecule has 1 aliphatic rings. The second kappa shape index (κ2) is 14.4. The smallest absolute Gasteiger partial charge is 0.191 e. The zero-order valence-corrected chi connectivity index (χ0v) is 20.5. The number of morpholine rings is 1. The second-order valence-corrected chi connectivity index (χ2v) is 8.26. The van der Waals surface area contributed by atoms with Crippen LogP contribution in [0.25, 0.3) is 0 Å². The molecule has 1 unspecified atom stereocenters. The summed E-state index contributed by atoms with van der Waals surface area (Å²) in [5.74, 6) is 2.02. The summed E-state index contributed by atoms with van der Waals surface area (Å²) in [4.78, 5) is 6.74. The lowest BCUT2D eigenvalue weighted by Gasteiger charge is -2.33. The highest BCUT2D eigenvalue weighted by Crippen LogP contribution is 2.14. The average Bonchev–Trinajstić information content (AvgIpc) is 2.67. The standard InChI is InChI=1S/C20H33FN4O2S.HI/c1-3-22-19(23-8-13-28-14-17-6-4-5-7-18(17)21)24-15-20(2,26)16-25-9-11-27-12-10-25;/h4-7,26H,3,8-16H2,1-2H3,(H2,22,23,24);1H. The van der Waals surface area contributed by atoms with E-state index in [0.717, 1.165) is 37.5 Å². The lowest BCUT2D eigenvalue weighted by molar-refractivity contribution is -0.0179. The van der Waals surface area contributed by atoms with Gasteiger partial charge in [-0.25, -0.2) is 4.39 Å². The normalized spacial score (nSPS) is 17.3. The van der Waals surface area contributed by atoms with E-state index < -0.39 is 5.60 Å². The Morgan fingerprint density at radius 3 is 2.72 bits per heavy atom. The van der Waals surface area contributed by atoms with Crippen LogP contribution in [0.15, 0.2) is 29.3 Å². The van der Waals surface area contributed by atoms with Crippen molar-refractivity contribution in [1.29, 1.82) is 0 Å². The summed E-state index contributed by atoms with van der Waals surface area (Å²) in [5.41, 5.74) is -0.161. The van der Waals surface area contributed by atoms with Crippen LogP contribution in [0.1, 0.15) is 19.4 Å². The highest BCUT2D eigenvalue weighted by Gasteiger charge is 2.25. The Bertz CT molecular complexity index is 616. The SMILES string of the molecule is CCNC(=NCC(C)(O)CN1CCOCC1)NCCSCc1ccccc1F.I. The molecule has 1 heterocycles. The fourth-order valence-electron chi connectivity index (χ4n) is 2.92. The quantitative estimate of drug-likeness (QED) is 0.183. The molecule has 1 aliphatic heterocycles. The van der Waals surface area contributed by atoms with Gasteiger partial charge in [0.15, 0.2) is 5.96 Å². The van der Waals surface area contributed by atoms with Gasteiger partial charge in [-0.2, -0.15) is 11.8 Å². The number of guanidine groups is 1. The molecule has 1 saturated heterocycles. The maximum Gasteiger partial charge on any atom is 0.191 e. The highest BCUT2D eigenvalue weighted by molar-refractivity contribution is 14.0. The molecule has 0 bridgehead atoms. The van der Waals surface area contributed by atoms with Gasteiger partial charge in [0.05, 0.1) is 25.4 Å². The van der Waals surface area contributed by atoms with Crippen LogP contribution in [0.4, 0.5) is 4.39 Å². The first kappa shape index (κ1) is 26.4. The van der Waals surface area contributed by atoms with Gasteiger partial charge in [-0.1, -0.05) is 18.2 Å². The molecule has 166 valence electrons. The maximum absolute atomic E-state index is 13.6. The fourth-order valence-corrected chi connectivity index (χ4v) is 3.77. The van der Waals surface area contributed by atoms with Crippen molar-refractivity contribution in [3.63, 3.8) is 0 Å². The number of halogens is 2. The summed E-state index contributed by atoms with van der Waals surface area (Å²) in [5, 5.41) is 17.1. The minimum absolute atomic E-state index is 0. The molecule has 29 heavy (non-hydrogen) atoms. The van der Waals surface area contributed by atoms with Gasteiger partial charge in [0.25, 0.3) is 0 Å². The van der Waals surface area contributed by atoms with Crippen LogP contribution in [0, 0.1) is 5.82 Å². The van der Waals surface area contributed by atoms with Gasteiger partial charge in [0.2, 0.25) is 0 Å². The van der Waals surface area contributed by atoms with Crippen LogP contribution in [0.2, 0.25) is 0 Å². The van der Waals surface area contributed by atoms with Crippen molar-refractivity contribution >= 4 is 41.7 Å². The Kier molecular flexibility index (Phi) is 13.1. The number of thioether (sulfide) groups is 1. The highest BCUT2D eigenvalue weighted by atomic mass is 127. The van der Waals surface area contributed by atoms with E-state index in [2.05, 4.69) is 20.5 Å². The molecule has 0 saturated carbocycles. The summed E-state index contributed by atoms with van der Waals surface area (Å²) in [6.07, 6.45) is 0. The summed E-state index contributed by atoms with van der Waals surface area (Å²) >= 11 is 1.67. The first-order valence-electron chi connectivity index (χ1n) is 9.86. The number of aliphatic imine (C=N–C) groups is 1. The third-order valence-electron chi connectivity index (χ3n) is 4.34. The number of nitrogens with one attached hydrogen (secondary N) is 2. The molecule has 1 atom stereocenters. The van der Waals surface area contributed by atoms with Crippen molar-refractivity contribution < 1.29 is 14.2 Å². The summed E-state index contributed by atoms with van der Waals surface area (Å²) in [6, 6.07) is 6.87. The van der Waals surface area contributed by atoms with Crippen molar-refractivity contribution in [1.82, 2.24) is 15.5 Å². The summed E-state index contributed by atoms with van der Waals surface area (Å²) in [7, 11) is 0. The monoisotopic (exact) mass is 540 g/mol. The van der Waals surface area contributed by atoms with E-state index in [1.165, 1.54) is 6.07 Å². The van der Waals surface area contributed by atoms with Crippen LogP contribution >= 0.6 is 35.7 Å². The largest absolute Gasteiger partial charge is 0.387 e. The van der Waals surface area contributed by atoms with Gasteiger partial charge in [-0.3, -0.25) is 9.89 Å². The Balaban J connectivity index is 0.00000420. The van der Waals surface area contributed by atoms with Crippen LogP contribution in [0.5, 0.6) is 0 Å². The molecule has 0 radical (unpaired) electrons. The van der Waals surface area contributed by atoms with Crippen molar-refractivity contribution in [3.8, 4) is 0 Å². The third-order valence-corrected chi connectivity index (χ3v) is 5.35. The molecular formula is C20H34FIN4O2S. The zero-order valence-electron chi connectivity index (χ0n) is 17.3. The number of rotatable bonds is 10. The Hall–Kier alpha value is -0.620. The zero-order chi connectivity index (χ0) is 20.2. The molecule has 2 rings (SSSR count). The molecule has 1 aromatic carbocycles. The number of hydrogen-bond acceptors (Lipinski definition) is 5. The number of nitrogens with zero attached hydrogens (tertiary/aromatic N) is 2. The molecule has 0 amide bonds. The average molecular weight is 540 g/mol. The molecule has 6 nitrogen and oxygen atoms in total. The molecule has 9 heteroatoms. The molecule has 3 N–H and O–H groups in total. The maximum atomic E-state index is 13.6. The Morgan fingerprint density at radius 1 is 1.31 bits per heavy atom. The van der Waals surface area contributed by atoms with Crippen molar-refractivity contribution in [2.24, 2.45) is 4.99 Å². The van der Waals surface area contributed by atoms with Gasteiger partial charge < -0.3 is 20.5 Å². The van der Waals surface area contributed by atoms with Crippen molar-refractivity contribution in [3.05, 3.63) is 35.6 Å². The first-order valence-corrected chi connectivity index (χ1v) is 11.0. The van der Waals surface area contributed by atoms with Gasteiger partial charge in [0, 0.05) is 44.2 Å². The van der Waals surface area contributed by atoms with Crippen LogP contribution in [0.3, 0.4) is 0 Å². The molecule has 1 fully saturated rings. The molecule has 1 aromatic rings. The van der Waals surface area contributed by atoms with Crippen LogP contribution < -0.4 is 10.6 Å². The van der Waals surface area contributed by atoms with Crippen LogP contribution in [-0.4, -0.2) is 79.8 Å². The lowest BCUT2D eigenvalue weighted by atomic mass is 10.1. The van der Waals surface area contributed by atoms with E-state index in [9.17, 15) is 9.50 Å². The lowest BCUT2D eigenvalue weighted by Crippen LogP contribution is -2.48. The minimum Gasteiger partial charge on any atom is -0.387 e. The van der Waals surface area contributed by atoms with Gasteiger partial charge in [0.1, 0.15) is 5.82 Å². The van der Waals surface area contributed by atoms with E-state index >= 15 is 0 Å². The van der Waals surface area contributed by atoms with Crippen LogP contribution in [-0.2, 0) is 10.5 Å². The van der Waals surface area contributed by atoms with E-state index in [1.54, 1.807) is 17.8 Å². The number of β-amino-alcohol motifs (C(OH)–C–C–N with tert-alkyl or cyclic N) is 1. The van der Waals surface area contributed by atoms with E-state index in [-0.39, 0.29) is 29.8 Å². The topological polar surface area (TPSA) is 69.1 Å². The number of hydrogen-bond donors (Lipinski definition) is 3. The summed E-state index contributed by atoms with van der Waals surface area (Å²) in [6.45, 7) is 9.32. The first-order chi connectivity index (χ1) is 13.5. The predicted octanol–water partition coefficient (Wildman–Crippen LogP) is 2.32. The summed E-state index contributed by atoms with van der Waals surface area (Å²) < 4.78 is 19.0. The van der Waals surface area contributed by atoms with Crippen molar-refractivity contribution in [2.75, 3.05) is 58.2 Å². The van der Waals surface area contributed by atoms with E-state index in [1.807, 2.05) is 26.0 Å². The predicted molar refractivity (Wildman–Crippen MR) is 130 cm³/mol. The fraction of sp³-hybridized carbons (Fsp3) is 0.650. The minimum atomic E-state index is -0.890. The molecule has 0 spiro atoms. The third kappa shape index (κ3) is 10.8. The van der Waals surface area contributed by atoms with Gasteiger partial charge >= 0.3 is 0 Å².